The Labute approximate surface area is 173 Å². The molecule has 1 aliphatic heterocycles. The van der Waals surface area contributed by atoms with Crippen molar-refractivity contribution in [3.05, 3.63) is 52.1 Å². The smallest absolute Gasteiger partial charge is 0.228 e. The molecule has 1 saturated heterocycles. The number of benzene rings is 1. The lowest BCUT2D eigenvalue weighted by molar-refractivity contribution is -0.133. The number of rotatable bonds is 5. The number of carbonyl (C=O) groups excluding carboxylic acids is 2. The van der Waals surface area contributed by atoms with Crippen molar-refractivity contribution in [2.24, 2.45) is 5.92 Å². The number of carbonyl (C=O) groups is 2. The summed E-state index contributed by atoms with van der Waals surface area (Å²) in [6.45, 7) is 1.07. The minimum Gasteiger partial charge on any atom is -0.496 e. The van der Waals surface area contributed by atoms with Gasteiger partial charge in [0.2, 0.25) is 11.8 Å². The lowest BCUT2D eigenvalue weighted by Crippen LogP contribution is -2.42. The summed E-state index contributed by atoms with van der Waals surface area (Å²) in [7, 11) is 1.57. The average molecular weight is 422 g/mol. The standard InChI is InChI=1S/C20H21Cl2N3O3/c1-28-17-4-2-15(21)10-14(17)11-19(26)25-8-6-13(7-9-25)20(27)24-18-5-3-16(22)12-23-18/h2-5,10,12-13H,6-9,11H2,1H3,(H,23,24,27). The second kappa shape index (κ2) is 9.26. The molecule has 0 radical (unpaired) electrons. The molecule has 1 fully saturated rings. The van der Waals surface area contributed by atoms with Crippen molar-refractivity contribution < 1.29 is 14.3 Å². The van der Waals surface area contributed by atoms with Crippen molar-refractivity contribution in [3.63, 3.8) is 0 Å². The number of amides is 2. The van der Waals surface area contributed by atoms with Crippen LogP contribution in [0.25, 0.3) is 0 Å². The Balaban J connectivity index is 1.53. The van der Waals surface area contributed by atoms with Gasteiger partial charge in [0.05, 0.1) is 18.6 Å². The van der Waals surface area contributed by atoms with Crippen LogP contribution in [0.15, 0.2) is 36.5 Å². The molecule has 3 rings (SSSR count). The molecule has 0 saturated carbocycles. The summed E-state index contributed by atoms with van der Waals surface area (Å²) in [4.78, 5) is 30.9. The number of aromatic nitrogens is 1. The Morgan fingerprint density at radius 2 is 1.89 bits per heavy atom. The maximum atomic E-state index is 12.7. The Morgan fingerprint density at radius 1 is 1.18 bits per heavy atom. The van der Waals surface area contributed by atoms with Gasteiger partial charge in [-0.05, 0) is 43.2 Å². The molecule has 1 aliphatic rings. The van der Waals surface area contributed by atoms with E-state index in [9.17, 15) is 9.59 Å². The van der Waals surface area contributed by atoms with Crippen LogP contribution < -0.4 is 10.1 Å². The number of pyridine rings is 1. The first-order valence-corrected chi connectivity index (χ1v) is 9.74. The first-order chi connectivity index (χ1) is 13.5. The van der Waals surface area contributed by atoms with E-state index in [1.54, 1.807) is 42.3 Å². The summed E-state index contributed by atoms with van der Waals surface area (Å²) in [6.07, 6.45) is 2.92. The van der Waals surface area contributed by atoms with E-state index in [2.05, 4.69) is 10.3 Å². The van der Waals surface area contributed by atoms with Gasteiger partial charge in [-0.3, -0.25) is 9.59 Å². The van der Waals surface area contributed by atoms with E-state index >= 15 is 0 Å². The molecule has 1 N–H and O–H groups in total. The molecule has 148 valence electrons. The predicted molar refractivity (Wildman–Crippen MR) is 109 cm³/mol. The molecule has 0 bridgehead atoms. The molecule has 1 aromatic carbocycles. The summed E-state index contributed by atoms with van der Waals surface area (Å²) in [5.41, 5.74) is 0.758. The maximum Gasteiger partial charge on any atom is 0.228 e. The average Bonchev–Trinajstić information content (AvgIpc) is 2.70. The van der Waals surface area contributed by atoms with Gasteiger partial charge in [-0.15, -0.1) is 0 Å². The number of methoxy groups -OCH3 is 1. The number of hydrogen-bond acceptors (Lipinski definition) is 4. The second-order valence-electron chi connectivity index (χ2n) is 6.64. The van der Waals surface area contributed by atoms with Gasteiger partial charge in [0.25, 0.3) is 0 Å². The van der Waals surface area contributed by atoms with Crippen LogP contribution in [0.5, 0.6) is 5.75 Å². The molecule has 0 atom stereocenters. The lowest BCUT2D eigenvalue weighted by atomic mass is 9.95. The van der Waals surface area contributed by atoms with Crippen LogP contribution in [-0.4, -0.2) is 41.9 Å². The van der Waals surface area contributed by atoms with E-state index in [0.29, 0.717) is 47.5 Å². The number of anilines is 1. The largest absolute Gasteiger partial charge is 0.496 e. The van der Waals surface area contributed by atoms with Crippen LogP contribution in [0.3, 0.4) is 0 Å². The molecular weight excluding hydrogens is 401 g/mol. The van der Waals surface area contributed by atoms with Gasteiger partial charge in [-0.2, -0.15) is 0 Å². The fourth-order valence-corrected chi connectivity index (χ4v) is 3.54. The first kappa shape index (κ1) is 20.4. The van der Waals surface area contributed by atoms with E-state index in [1.807, 2.05) is 0 Å². The normalized spacial score (nSPS) is 14.6. The fraction of sp³-hybridized carbons (Fsp3) is 0.350. The van der Waals surface area contributed by atoms with Gasteiger partial charge in [-0.25, -0.2) is 4.98 Å². The van der Waals surface area contributed by atoms with Gasteiger partial charge in [0.15, 0.2) is 0 Å². The highest BCUT2D eigenvalue weighted by Crippen LogP contribution is 2.25. The first-order valence-electron chi connectivity index (χ1n) is 8.99. The van der Waals surface area contributed by atoms with E-state index in [-0.39, 0.29) is 24.2 Å². The fourth-order valence-electron chi connectivity index (χ4n) is 3.23. The molecule has 2 amide bonds. The van der Waals surface area contributed by atoms with E-state index in [1.165, 1.54) is 6.20 Å². The molecule has 0 aliphatic carbocycles. The Morgan fingerprint density at radius 3 is 2.54 bits per heavy atom. The summed E-state index contributed by atoms with van der Waals surface area (Å²) in [5.74, 6) is 0.878. The maximum absolute atomic E-state index is 12.7. The number of piperidine rings is 1. The van der Waals surface area contributed by atoms with Gasteiger partial charge in [0, 0.05) is 35.8 Å². The van der Waals surface area contributed by atoms with Crippen molar-refractivity contribution in [1.82, 2.24) is 9.88 Å². The van der Waals surface area contributed by atoms with Crippen molar-refractivity contribution in [1.29, 1.82) is 0 Å². The molecule has 2 aromatic rings. The zero-order valence-electron chi connectivity index (χ0n) is 15.5. The number of nitrogens with one attached hydrogen (secondary N) is 1. The molecule has 6 nitrogen and oxygen atoms in total. The van der Waals surface area contributed by atoms with Crippen LogP contribution in [-0.2, 0) is 16.0 Å². The predicted octanol–water partition coefficient (Wildman–Crippen LogP) is 3.82. The summed E-state index contributed by atoms with van der Waals surface area (Å²) in [5, 5.41) is 3.88. The van der Waals surface area contributed by atoms with Crippen LogP contribution in [0, 0.1) is 5.92 Å². The zero-order chi connectivity index (χ0) is 20.1. The highest BCUT2D eigenvalue weighted by Gasteiger charge is 2.28. The number of hydrogen-bond donors (Lipinski definition) is 1. The Hall–Kier alpha value is -2.31. The lowest BCUT2D eigenvalue weighted by Gasteiger charge is -2.31. The van der Waals surface area contributed by atoms with Crippen molar-refractivity contribution in [2.75, 3.05) is 25.5 Å². The van der Waals surface area contributed by atoms with Crippen molar-refractivity contribution in [2.45, 2.75) is 19.3 Å². The van der Waals surface area contributed by atoms with Crippen LogP contribution >= 0.6 is 23.2 Å². The second-order valence-corrected chi connectivity index (χ2v) is 7.51. The minimum absolute atomic E-state index is 0.00112. The molecule has 28 heavy (non-hydrogen) atoms. The van der Waals surface area contributed by atoms with E-state index in [0.717, 1.165) is 5.56 Å². The Kier molecular flexibility index (Phi) is 6.75. The van der Waals surface area contributed by atoms with Crippen molar-refractivity contribution in [3.8, 4) is 5.75 Å². The quantitative estimate of drug-likeness (QED) is 0.796. The number of nitrogens with zero attached hydrogens (tertiary/aromatic N) is 2. The van der Waals surface area contributed by atoms with Gasteiger partial charge >= 0.3 is 0 Å². The van der Waals surface area contributed by atoms with Crippen molar-refractivity contribution >= 4 is 40.8 Å². The van der Waals surface area contributed by atoms with Crippen LogP contribution in [0.2, 0.25) is 10.0 Å². The van der Waals surface area contributed by atoms with Crippen LogP contribution in [0.4, 0.5) is 5.82 Å². The molecule has 8 heteroatoms. The third-order valence-electron chi connectivity index (χ3n) is 4.78. The zero-order valence-corrected chi connectivity index (χ0v) is 17.0. The molecular formula is C20H21Cl2N3O3. The van der Waals surface area contributed by atoms with Crippen LogP contribution in [0.1, 0.15) is 18.4 Å². The third kappa shape index (κ3) is 5.14. The summed E-state index contributed by atoms with van der Waals surface area (Å²) < 4.78 is 5.30. The van der Waals surface area contributed by atoms with Gasteiger partial charge in [-0.1, -0.05) is 23.2 Å². The summed E-state index contributed by atoms with van der Waals surface area (Å²) in [6, 6.07) is 8.57. The topological polar surface area (TPSA) is 71.5 Å². The highest BCUT2D eigenvalue weighted by atomic mass is 35.5. The number of likely N-dealkylation sites (tertiary alicyclic amines) is 1. The highest BCUT2D eigenvalue weighted by molar-refractivity contribution is 6.30. The number of halogens is 2. The molecule has 0 spiro atoms. The van der Waals surface area contributed by atoms with Gasteiger partial charge < -0.3 is 15.0 Å². The molecule has 1 aromatic heterocycles. The molecule has 2 heterocycles. The third-order valence-corrected chi connectivity index (χ3v) is 5.24. The Bertz CT molecular complexity index is 850. The minimum atomic E-state index is -0.151. The SMILES string of the molecule is COc1ccc(Cl)cc1CC(=O)N1CCC(C(=O)Nc2ccc(Cl)cn2)CC1. The molecule has 0 unspecified atom stereocenters. The van der Waals surface area contributed by atoms with Gasteiger partial charge in [0.1, 0.15) is 11.6 Å². The summed E-state index contributed by atoms with van der Waals surface area (Å²) >= 11 is 11.8. The monoisotopic (exact) mass is 421 g/mol. The number of ether oxygens (including phenoxy) is 1. The van der Waals surface area contributed by atoms with E-state index in [4.69, 9.17) is 27.9 Å². The van der Waals surface area contributed by atoms with E-state index < -0.39 is 0 Å².